The highest BCUT2D eigenvalue weighted by Gasteiger charge is 2.55. The lowest BCUT2D eigenvalue weighted by Crippen LogP contribution is -2.22. The average molecular weight is 176 g/mol. The standard InChI is InChI=1S/C12H16O/c1-7-3-2-4-9-8-5-6-10(11(7)8)12(9)13/h8-11H,1-6H2/t8-,9-,10-,11-/m0/s1. The first-order chi connectivity index (χ1) is 6.29. The molecule has 0 aliphatic heterocycles. The highest BCUT2D eigenvalue weighted by Crippen LogP contribution is 2.56. The Labute approximate surface area is 79.2 Å². The molecule has 0 N–H and O–H groups in total. The summed E-state index contributed by atoms with van der Waals surface area (Å²) in [4.78, 5) is 11.9. The highest BCUT2D eigenvalue weighted by molar-refractivity contribution is 5.88. The zero-order valence-corrected chi connectivity index (χ0v) is 7.96. The number of carbonyl (C=O) groups excluding carboxylic acids is 1. The molecule has 3 aliphatic rings. The second-order valence-electron chi connectivity index (χ2n) is 4.93. The van der Waals surface area contributed by atoms with Gasteiger partial charge in [0.1, 0.15) is 5.78 Å². The number of allylic oxidation sites excluding steroid dienone is 1. The molecule has 0 radical (unpaired) electrons. The van der Waals surface area contributed by atoms with Crippen LogP contribution in [0.4, 0.5) is 0 Å². The Morgan fingerprint density at radius 3 is 2.85 bits per heavy atom. The molecule has 0 unspecified atom stereocenters. The first-order valence-corrected chi connectivity index (χ1v) is 5.50. The Balaban J connectivity index is 2.03. The molecule has 13 heavy (non-hydrogen) atoms. The molecule has 1 nitrogen and oxygen atoms in total. The summed E-state index contributed by atoms with van der Waals surface area (Å²) in [6.45, 7) is 4.18. The van der Waals surface area contributed by atoms with Crippen LogP contribution in [0.1, 0.15) is 32.1 Å². The molecule has 0 heterocycles. The van der Waals surface area contributed by atoms with E-state index in [0.717, 1.165) is 12.8 Å². The van der Waals surface area contributed by atoms with Crippen molar-refractivity contribution < 1.29 is 4.79 Å². The largest absolute Gasteiger partial charge is 0.299 e. The van der Waals surface area contributed by atoms with Crippen molar-refractivity contribution in [1.82, 2.24) is 0 Å². The normalized spacial score (nSPS) is 48.3. The van der Waals surface area contributed by atoms with E-state index in [-0.39, 0.29) is 0 Å². The fourth-order valence-corrected chi connectivity index (χ4v) is 3.95. The van der Waals surface area contributed by atoms with Crippen molar-refractivity contribution in [3.05, 3.63) is 12.2 Å². The average Bonchev–Trinajstić information content (AvgIpc) is 2.57. The van der Waals surface area contributed by atoms with Crippen molar-refractivity contribution in [2.75, 3.05) is 0 Å². The molecule has 70 valence electrons. The van der Waals surface area contributed by atoms with Crippen molar-refractivity contribution in [2.45, 2.75) is 32.1 Å². The lowest BCUT2D eigenvalue weighted by atomic mass is 9.84. The zero-order chi connectivity index (χ0) is 9.00. The molecule has 0 amide bonds. The van der Waals surface area contributed by atoms with Gasteiger partial charge in [0.2, 0.25) is 0 Å². The van der Waals surface area contributed by atoms with Gasteiger partial charge in [-0.05, 0) is 43.9 Å². The van der Waals surface area contributed by atoms with Gasteiger partial charge in [0.25, 0.3) is 0 Å². The van der Waals surface area contributed by atoms with Gasteiger partial charge in [-0.3, -0.25) is 4.79 Å². The quantitative estimate of drug-likeness (QED) is 0.518. The molecule has 0 aromatic carbocycles. The maximum Gasteiger partial charge on any atom is 0.139 e. The molecule has 0 saturated heterocycles. The van der Waals surface area contributed by atoms with Gasteiger partial charge in [0.15, 0.2) is 0 Å². The number of carbonyl (C=O) groups is 1. The van der Waals surface area contributed by atoms with Gasteiger partial charge < -0.3 is 0 Å². The Bertz CT molecular complexity index is 279. The maximum atomic E-state index is 11.9. The summed E-state index contributed by atoms with van der Waals surface area (Å²) in [7, 11) is 0. The third-order valence-corrected chi connectivity index (χ3v) is 4.44. The van der Waals surface area contributed by atoms with Crippen LogP contribution in [0.2, 0.25) is 0 Å². The minimum absolute atomic E-state index is 0.391. The number of Topliss-reactive ketones (excluding diaryl/α,β-unsaturated/α-hetero) is 1. The SMILES string of the molecule is C=C1CCC[C@@H]2C(=O)[C@H]3CC[C@@H]2[C@H]13. The van der Waals surface area contributed by atoms with Gasteiger partial charge >= 0.3 is 0 Å². The van der Waals surface area contributed by atoms with E-state index >= 15 is 0 Å². The van der Waals surface area contributed by atoms with Crippen LogP contribution >= 0.6 is 0 Å². The molecular formula is C12H16O. The lowest BCUT2D eigenvalue weighted by Gasteiger charge is -2.19. The van der Waals surface area contributed by atoms with E-state index in [1.807, 2.05) is 0 Å². The molecule has 3 aliphatic carbocycles. The predicted octanol–water partition coefficient (Wildman–Crippen LogP) is 2.57. The topological polar surface area (TPSA) is 17.1 Å². The summed E-state index contributed by atoms with van der Waals surface area (Å²) in [5.74, 6) is 2.71. The van der Waals surface area contributed by atoms with Crippen LogP contribution in [0.25, 0.3) is 0 Å². The highest BCUT2D eigenvalue weighted by atomic mass is 16.1. The van der Waals surface area contributed by atoms with E-state index in [4.69, 9.17) is 0 Å². The van der Waals surface area contributed by atoms with Crippen LogP contribution < -0.4 is 0 Å². The van der Waals surface area contributed by atoms with Crippen LogP contribution in [0.5, 0.6) is 0 Å². The van der Waals surface area contributed by atoms with Crippen LogP contribution in [0, 0.1) is 23.7 Å². The molecule has 3 rings (SSSR count). The molecule has 0 spiro atoms. The van der Waals surface area contributed by atoms with Crippen LogP contribution in [0.3, 0.4) is 0 Å². The second kappa shape index (κ2) is 2.46. The second-order valence-corrected chi connectivity index (χ2v) is 4.93. The predicted molar refractivity (Wildman–Crippen MR) is 51.2 cm³/mol. The Morgan fingerprint density at radius 2 is 2.00 bits per heavy atom. The summed E-state index contributed by atoms with van der Waals surface area (Å²) < 4.78 is 0. The molecule has 3 fully saturated rings. The van der Waals surface area contributed by atoms with Gasteiger partial charge in [-0.2, -0.15) is 0 Å². The fourth-order valence-electron chi connectivity index (χ4n) is 3.95. The smallest absolute Gasteiger partial charge is 0.139 e. The first kappa shape index (κ1) is 7.78. The van der Waals surface area contributed by atoms with Gasteiger partial charge in [0.05, 0.1) is 0 Å². The van der Waals surface area contributed by atoms with Gasteiger partial charge in [0, 0.05) is 11.8 Å². The summed E-state index contributed by atoms with van der Waals surface area (Å²) in [5.41, 5.74) is 1.39. The Kier molecular flexibility index (Phi) is 1.47. The Morgan fingerprint density at radius 1 is 1.15 bits per heavy atom. The molecule has 0 aromatic rings. The first-order valence-electron chi connectivity index (χ1n) is 5.50. The summed E-state index contributed by atoms with van der Waals surface area (Å²) >= 11 is 0. The van der Waals surface area contributed by atoms with E-state index in [1.165, 1.54) is 24.8 Å². The number of ketones is 1. The van der Waals surface area contributed by atoms with E-state index in [9.17, 15) is 4.79 Å². The minimum Gasteiger partial charge on any atom is -0.299 e. The minimum atomic E-state index is 0.391. The summed E-state index contributed by atoms with van der Waals surface area (Å²) in [6, 6.07) is 0. The molecular weight excluding hydrogens is 160 g/mol. The van der Waals surface area contributed by atoms with Crippen molar-refractivity contribution in [3.63, 3.8) is 0 Å². The van der Waals surface area contributed by atoms with Crippen molar-refractivity contribution >= 4 is 5.78 Å². The van der Waals surface area contributed by atoms with Gasteiger partial charge in [-0.1, -0.05) is 12.2 Å². The van der Waals surface area contributed by atoms with E-state index < -0.39 is 0 Å². The molecule has 0 aromatic heterocycles. The molecule has 3 saturated carbocycles. The number of hydrogen-bond acceptors (Lipinski definition) is 1. The van der Waals surface area contributed by atoms with Crippen molar-refractivity contribution in [1.29, 1.82) is 0 Å². The third kappa shape index (κ3) is 0.853. The summed E-state index contributed by atoms with van der Waals surface area (Å²) in [6.07, 6.45) is 5.99. The molecule has 4 bridgehead atoms. The number of rotatable bonds is 0. The van der Waals surface area contributed by atoms with Crippen molar-refractivity contribution in [2.24, 2.45) is 23.7 Å². The molecule has 4 atom stereocenters. The third-order valence-electron chi connectivity index (χ3n) is 4.44. The van der Waals surface area contributed by atoms with E-state index in [0.29, 0.717) is 29.5 Å². The van der Waals surface area contributed by atoms with Gasteiger partial charge in [-0.15, -0.1) is 0 Å². The summed E-state index contributed by atoms with van der Waals surface area (Å²) in [5, 5.41) is 0. The zero-order valence-electron chi connectivity index (χ0n) is 7.96. The maximum absolute atomic E-state index is 11.9. The number of hydrogen-bond donors (Lipinski definition) is 0. The van der Waals surface area contributed by atoms with Crippen LogP contribution in [-0.2, 0) is 4.79 Å². The van der Waals surface area contributed by atoms with E-state index in [2.05, 4.69) is 6.58 Å². The monoisotopic (exact) mass is 176 g/mol. The van der Waals surface area contributed by atoms with E-state index in [1.54, 1.807) is 0 Å². The van der Waals surface area contributed by atoms with Crippen LogP contribution in [0.15, 0.2) is 12.2 Å². The van der Waals surface area contributed by atoms with Crippen LogP contribution in [-0.4, -0.2) is 5.78 Å². The fraction of sp³-hybridized carbons (Fsp3) is 0.750. The van der Waals surface area contributed by atoms with Gasteiger partial charge in [-0.25, -0.2) is 0 Å². The van der Waals surface area contributed by atoms with Crippen molar-refractivity contribution in [3.8, 4) is 0 Å². The lowest BCUT2D eigenvalue weighted by molar-refractivity contribution is -0.126. The molecule has 1 heteroatoms. The Hall–Kier alpha value is -0.590.